The maximum atomic E-state index is 12.5. The van der Waals surface area contributed by atoms with Crippen molar-refractivity contribution in [1.82, 2.24) is 20.2 Å². The van der Waals surface area contributed by atoms with E-state index in [-0.39, 0.29) is 37.7 Å². The van der Waals surface area contributed by atoms with Crippen LogP contribution >= 0.6 is 0 Å². The maximum Gasteiger partial charge on any atom is 0.407 e. The quantitative estimate of drug-likeness (QED) is 0.647. The first-order valence-electron chi connectivity index (χ1n) is 9.32. The third-order valence-corrected chi connectivity index (χ3v) is 3.73. The molecule has 1 amide bonds. The molecule has 2 aromatic rings. The number of nitrogens with one attached hydrogen (secondary N) is 1. The zero-order valence-corrected chi connectivity index (χ0v) is 16.9. The van der Waals surface area contributed by atoms with Crippen molar-refractivity contribution in [2.45, 2.75) is 26.4 Å². The van der Waals surface area contributed by atoms with Crippen LogP contribution in [-0.2, 0) is 4.74 Å². The second-order valence-corrected chi connectivity index (χ2v) is 7.42. The number of pyridine rings is 2. The molecule has 2 rings (SSSR count). The van der Waals surface area contributed by atoms with Gasteiger partial charge in [-0.3, -0.25) is 24.5 Å². The molecule has 8 heteroatoms. The summed E-state index contributed by atoms with van der Waals surface area (Å²) in [7, 11) is 0. The summed E-state index contributed by atoms with van der Waals surface area (Å²) in [5.74, 6) is -0.423. The summed E-state index contributed by atoms with van der Waals surface area (Å²) in [5, 5.41) is 2.64. The van der Waals surface area contributed by atoms with Crippen LogP contribution in [0.5, 0.6) is 0 Å². The molecule has 2 heterocycles. The van der Waals surface area contributed by atoms with Crippen molar-refractivity contribution in [2.24, 2.45) is 0 Å². The van der Waals surface area contributed by atoms with E-state index >= 15 is 0 Å². The molecule has 0 saturated carbocycles. The van der Waals surface area contributed by atoms with Crippen LogP contribution in [-0.4, -0.2) is 64.3 Å². The summed E-state index contributed by atoms with van der Waals surface area (Å²) >= 11 is 0. The Bertz CT molecular complexity index is 766. The maximum absolute atomic E-state index is 12.5. The Labute approximate surface area is 170 Å². The van der Waals surface area contributed by atoms with E-state index < -0.39 is 11.7 Å². The average Bonchev–Trinajstić information content (AvgIpc) is 2.67. The van der Waals surface area contributed by atoms with Gasteiger partial charge in [0.2, 0.25) is 0 Å². The summed E-state index contributed by atoms with van der Waals surface area (Å²) in [6, 6.07) is 10.2. The molecule has 0 fully saturated rings. The molecule has 0 aliphatic carbocycles. The SMILES string of the molecule is CC(C)(C)OC(=O)NCCN(CC(=O)c1ccccn1)CC(=O)c1ccccn1. The second kappa shape index (κ2) is 10.4. The molecule has 8 nitrogen and oxygen atoms in total. The fourth-order valence-electron chi connectivity index (χ4n) is 2.47. The van der Waals surface area contributed by atoms with Crippen molar-refractivity contribution < 1.29 is 19.1 Å². The predicted molar refractivity (Wildman–Crippen MR) is 108 cm³/mol. The van der Waals surface area contributed by atoms with Gasteiger partial charge in [0.05, 0.1) is 13.1 Å². The number of nitrogens with zero attached hydrogens (tertiary/aromatic N) is 3. The van der Waals surface area contributed by atoms with Crippen LogP contribution in [0.3, 0.4) is 0 Å². The van der Waals surface area contributed by atoms with E-state index in [0.29, 0.717) is 11.4 Å². The molecule has 29 heavy (non-hydrogen) atoms. The van der Waals surface area contributed by atoms with Gasteiger partial charge in [-0.05, 0) is 45.0 Å². The summed E-state index contributed by atoms with van der Waals surface area (Å²) in [5.41, 5.74) is 0.0407. The van der Waals surface area contributed by atoms with Crippen LogP contribution in [0.1, 0.15) is 41.7 Å². The number of rotatable bonds is 9. The molecule has 1 N–H and O–H groups in total. The molecule has 0 bridgehead atoms. The number of ether oxygens (including phenoxy) is 1. The monoisotopic (exact) mass is 398 g/mol. The van der Waals surface area contributed by atoms with Gasteiger partial charge in [-0.1, -0.05) is 12.1 Å². The molecule has 0 atom stereocenters. The van der Waals surface area contributed by atoms with Crippen LogP contribution < -0.4 is 5.32 Å². The minimum absolute atomic E-state index is 0.00835. The summed E-state index contributed by atoms with van der Waals surface area (Å²) in [6.45, 7) is 5.81. The van der Waals surface area contributed by atoms with Crippen molar-refractivity contribution in [3.8, 4) is 0 Å². The number of aromatic nitrogens is 2. The number of carbonyl (C=O) groups excluding carboxylic acids is 3. The number of hydrogen-bond donors (Lipinski definition) is 1. The zero-order chi connectivity index (χ0) is 21.3. The predicted octanol–water partition coefficient (Wildman–Crippen LogP) is 2.37. The lowest BCUT2D eigenvalue weighted by molar-refractivity contribution is 0.0523. The van der Waals surface area contributed by atoms with Crippen molar-refractivity contribution in [3.63, 3.8) is 0 Å². The molecular weight excluding hydrogens is 372 g/mol. The Morgan fingerprint density at radius 3 is 1.86 bits per heavy atom. The lowest BCUT2D eigenvalue weighted by atomic mass is 10.2. The topological polar surface area (TPSA) is 101 Å². The Balaban J connectivity index is 1.99. The molecule has 0 aliphatic heterocycles. The molecule has 0 unspecified atom stereocenters. The molecule has 2 aromatic heterocycles. The first-order chi connectivity index (χ1) is 13.7. The van der Waals surface area contributed by atoms with E-state index in [2.05, 4.69) is 15.3 Å². The Kier molecular flexibility index (Phi) is 7.97. The van der Waals surface area contributed by atoms with Crippen LogP contribution in [0.25, 0.3) is 0 Å². The second-order valence-electron chi connectivity index (χ2n) is 7.42. The molecule has 0 aromatic carbocycles. The Hall–Kier alpha value is -3.13. The first-order valence-corrected chi connectivity index (χ1v) is 9.32. The number of Topliss-reactive ketones (excluding diaryl/α,β-unsaturated/α-hetero) is 2. The van der Waals surface area contributed by atoms with Gasteiger partial charge in [0.25, 0.3) is 0 Å². The Morgan fingerprint density at radius 2 is 1.45 bits per heavy atom. The molecule has 154 valence electrons. The Morgan fingerprint density at radius 1 is 0.931 bits per heavy atom. The summed E-state index contributed by atoms with van der Waals surface area (Å²) < 4.78 is 5.20. The highest BCUT2D eigenvalue weighted by Gasteiger charge is 2.19. The van der Waals surface area contributed by atoms with Gasteiger partial charge in [0.15, 0.2) is 11.6 Å². The van der Waals surface area contributed by atoms with Crippen molar-refractivity contribution in [3.05, 3.63) is 60.2 Å². The summed E-state index contributed by atoms with van der Waals surface area (Å²) in [4.78, 5) is 46.6. The van der Waals surface area contributed by atoms with E-state index in [0.717, 1.165) is 0 Å². The zero-order valence-electron chi connectivity index (χ0n) is 16.9. The highest BCUT2D eigenvalue weighted by Crippen LogP contribution is 2.06. The van der Waals surface area contributed by atoms with Gasteiger partial charge in [0, 0.05) is 25.5 Å². The van der Waals surface area contributed by atoms with E-state index in [1.165, 1.54) is 0 Å². The molecule has 0 saturated heterocycles. The highest BCUT2D eigenvalue weighted by molar-refractivity contribution is 5.98. The van der Waals surface area contributed by atoms with Crippen LogP contribution in [0, 0.1) is 0 Å². The lowest BCUT2D eigenvalue weighted by Gasteiger charge is -2.22. The summed E-state index contributed by atoms with van der Waals surface area (Å²) in [6.07, 6.45) is 2.53. The normalized spacial score (nSPS) is 11.2. The molecule has 0 aliphatic rings. The van der Waals surface area contributed by atoms with Crippen molar-refractivity contribution in [2.75, 3.05) is 26.2 Å². The van der Waals surface area contributed by atoms with Gasteiger partial charge in [-0.25, -0.2) is 4.79 Å². The van der Waals surface area contributed by atoms with Gasteiger partial charge in [0.1, 0.15) is 17.0 Å². The number of amides is 1. The minimum atomic E-state index is -0.604. The number of hydrogen-bond acceptors (Lipinski definition) is 7. The van der Waals surface area contributed by atoms with Crippen LogP contribution in [0.4, 0.5) is 4.79 Å². The number of alkyl carbamates (subject to hydrolysis) is 1. The highest BCUT2D eigenvalue weighted by atomic mass is 16.6. The van der Waals surface area contributed by atoms with E-state index in [9.17, 15) is 14.4 Å². The van der Waals surface area contributed by atoms with Crippen LogP contribution in [0.15, 0.2) is 48.8 Å². The van der Waals surface area contributed by atoms with E-state index in [4.69, 9.17) is 4.74 Å². The van der Waals surface area contributed by atoms with Crippen LogP contribution in [0.2, 0.25) is 0 Å². The lowest BCUT2D eigenvalue weighted by Crippen LogP contribution is -2.41. The fraction of sp³-hybridized carbons (Fsp3) is 0.381. The largest absolute Gasteiger partial charge is 0.444 e. The number of carbonyl (C=O) groups is 3. The van der Waals surface area contributed by atoms with Crippen molar-refractivity contribution >= 4 is 17.7 Å². The standard InChI is InChI=1S/C21H26N4O4/c1-21(2,3)29-20(28)24-12-13-25(14-18(26)16-8-4-6-10-22-16)15-19(27)17-9-5-7-11-23-17/h4-11H,12-15H2,1-3H3,(H,24,28). The van der Waals surface area contributed by atoms with E-state index in [1.54, 1.807) is 74.5 Å². The first kappa shape index (κ1) is 22.2. The van der Waals surface area contributed by atoms with Gasteiger partial charge < -0.3 is 10.1 Å². The van der Waals surface area contributed by atoms with Crippen molar-refractivity contribution in [1.29, 1.82) is 0 Å². The third-order valence-electron chi connectivity index (χ3n) is 3.73. The van der Waals surface area contributed by atoms with Gasteiger partial charge >= 0.3 is 6.09 Å². The third kappa shape index (κ3) is 8.18. The molecular formula is C21H26N4O4. The number of ketones is 2. The molecule has 0 radical (unpaired) electrons. The smallest absolute Gasteiger partial charge is 0.407 e. The fourth-order valence-corrected chi connectivity index (χ4v) is 2.47. The van der Waals surface area contributed by atoms with Gasteiger partial charge in [-0.15, -0.1) is 0 Å². The van der Waals surface area contributed by atoms with Gasteiger partial charge in [-0.2, -0.15) is 0 Å². The average molecular weight is 398 g/mol. The minimum Gasteiger partial charge on any atom is -0.444 e. The van der Waals surface area contributed by atoms with E-state index in [1.807, 2.05) is 0 Å². The molecule has 0 spiro atoms.